The van der Waals surface area contributed by atoms with Gasteiger partial charge in [0.2, 0.25) is 10.2 Å². The second-order valence-electron chi connectivity index (χ2n) is 7.98. The molecule has 8 nitrogen and oxygen atoms in total. The van der Waals surface area contributed by atoms with Crippen molar-refractivity contribution >= 4 is 39.8 Å². The minimum absolute atomic E-state index is 0.199. The first-order chi connectivity index (χ1) is 17.6. The summed E-state index contributed by atoms with van der Waals surface area (Å²) in [6.07, 6.45) is -3.35. The molecule has 1 N–H and O–H groups in total. The first kappa shape index (κ1) is 26.3. The van der Waals surface area contributed by atoms with Gasteiger partial charge in [-0.05, 0) is 67.4 Å². The predicted molar refractivity (Wildman–Crippen MR) is 136 cm³/mol. The number of hydrazone groups is 1. The SMILES string of the molecule is CCOc1cc(/C=C2\C(=N)N3N=C(C(F)(F)F)SC3=NC2=O)ccc1OCCOc1c(C)cccc1C. The molecule has 0 fully saturated rings. The quantitative estimate of drug-likeness (QED) is 0.364. The summed E-state index contributed by atoms with van der Waals surface area (Å²) in [6.45, 7) is 6.65. The van der Waals surface area contributed by atoms with E-state index < -0.39 is 23.0 Å². The first-order valence-corrected chi connectivity index (χ1v) is 12.1. The predicted octanol–water partition coefficient (Wildman–Crippen LogP) is 5.34. The van der Waals surface area contributed by atoms with Crippen LogP contribution in [0.5, 0.6) is 17.2 Å². The highest BCUT2D eigenvalue weighted by Crippen LogP contribution is 2.36. The van der Waals surface area contributed by atoms with Gasteiger partial charge >= 0.3 is 6.18 Å². The third-order valence-electron chi connectivity index (χ3n) is 5.27. The molecule has 0 atom stereocenters. The molecule has 0 aliphatic carbocycles. The third-order valence-corrected chi connectivity index (χ3v) is 6.22. The smallest absolute Gasteiger partial charge is 0.441 e. The van der Waals surface area contributed by atoms with E-state index in [1.807, 2.05) is 32.0 Å². The Hall–Kier alpha value is -3.80. The highest BCUT2D eigenvalue weighted by Gasteiger charge is 2.46. The fourth-order valence-electron chi connectivity index (χ4n) is 3.60. The Labute approximate surface area is 215 Å². The Balaban J connectivity index is 1.49. The van der Waals surface area contributed by atoms with E-state index in [0.29, 0.717) is 35.3 Å². The Morgan fingerprint density at radius 3 is 2.43 bits per heavy atom. The van der Waals surface area contributed by atoms with Gasteiger partial charge in [-0.3, -0.25) is 10.2 Å². The van der Waals surface area contributed by atoms with E-state index in [4.69, 9.17) is 19.6 Å². The van der Waals surface area contributed by atoms with Gasteiger partial charge in [0.25, 0.3) is 5.91 Å². The number of halogens is 3. The maximum absolute atomic E-state index is 13.0. The number of aryl methyl sites for hydroxylation is 2. The summed E-state index contributed by atoms with van der Waals surface area (Å²) in [5, 5.41) is 10.9. The van der Waals surface area contributed by atoms with Crippen LogP contribution in [0, 0.1) is 19.3 Å². The number of para-hydroxylation sites is 1. The molecule has 0 aromatic heterocycles. The van der Waals surface area contributed by atoms with Gasteiger partial charge in [0.15, 0.2) is 17.3 Å². The number of fused-ring (bicyclic) bond motifs is 1. The zero-order valence-electron chi connectivity index (χ0n) is 20.2. The van der Waals surface area contributed by atoms with Crippen molar-refractivity contribution < 1.29 is 32.2 Å². The van der Waals surface area contributed by atoms with Crippen LogP contribution < -0.4 is 14.2 Å². The molecule has 0 unspecified atom stereocenters. The van der Waals surface area contributed by atoms with Crippen LogP contribution in [0.4, 0.5) is 13.2 Å². The van der Waals surface area contributed by atoms with Gasteiger partial charge in [-0.2, -0.15) is 28.3 Å². The molecule has 2 aromatic carbocycles. The van der Waals surface area contributed by atoms with Gasteiger partial charge in [0.05, 0.1) is 12.2 Å². The van der Waals surface area contributed by atoms with Gasteiger partial charge in [-0.15, -0.1) is 0 Å². The van der Waals surface area contributed by atoms with Crippen molar-refractivity contribution in [2.24, 2.45) is 10.1 Å². The topological polar surface area (TPSA) is 96.6 Å². The van der Waals surface area contributed by atoms with Crippen molar-refractivity contribution in [3.8, 4) is 17.2 Å². The number of hydrogen-bond donors (Lipinski definition) is 1. The molecule has 0 bridgehead atoms. The van der Waals surface area contributed by atoms with Gasteiger partial charge < -0.3 is 14.2 Å². The number of amidine groups is 2. The summed E-state index contributed by atoms with van der Waals surface area (Å²) in [7, 11) is 0. The fraction of sp³-hybridized carbons (Fsp3) is 0.280. The zero-order valence-corrected chi connectivity index (χ0v) is 21.0. The molecule has 4 rings (SSSR count). The average Bonchev–Trinajstić information content (AvgIpc) is 3.27. The van der Waals surface area contributed by atoms with E-state index in [0.717, 1.165) is 16.9 Å². The Morgan fingerprint density at radius 2 is 1.76 bits per heavy atom. The molecule has 0 spiro atoms. The zero-order chi connectivity index (χ0) is 26.7. The summed E-state index contributed by atoms with van der Waals surface area (Å²) in [5.74, 6) is 0.339. The van der Waals surface area contributed by atoms with E-state index in [9.17, 15) is 18.0 Å². The fourth-order valence-corrected chi connectivity index (χ4v) is 4.36. The Morgan fingerprint density at radius 1 is 1.05 bits per heavy atom. The largest absolute Gasteiger partial charge is 0.490 e. The van der Waals surface area contributed by atoms with Gasteiger partial charge in [0, 0.05) is 0 Å². The van der Waals surface area contributed by atoms with Crippen molar-refractivity contribution in [2.75, 3.05) is 19.8 Å². The second kappa shape index (κ2) is 10.7. The second-order valence-corrected chi connectivity index (χ2v) is 8.94. The summed E-state index contributed by atoms with van der Waals surface area (Å²) >= 11 is 0.203. The molecule has 2 aliphatic heterocycles. The summed E-state index contributed by atoms with van der Waals surface area (Å²) in [6, 6.07) is 10.8. The number of nitrogens with zero attached hydrogens (tertiary/aromatic N) is 3. The summed E-state index contributed by atoms with van der Waals surface area (Å²) in [4.78, 5) is 16.2. The summed E-state index contributed by atoms with van der Waals surface area (Å²) < 4.78 is 56.4. The molecule has 37 heavy (non-hydrogen) atoms. The van der Waals surface area contributed by atoms with Crippen LogP contribution >= 0.6 is 11.8 Å². The molecule has 1 amide bonds. The lowest BCUT2D eigenvalue weighted by Crippen LogP contribution is -2.35. The number of hydrogen-bond acceptors (Lipinski definition) is 7. The number of alkyl halides is 3. The minimum atomic E-state index is -4.70. The standard InChI is InChI=1S/C25H23F3N4O4S/c1-4-34-19-13-16(8-9-18(19)35-10-11-36-20-14(2)6-5-7-15(20)3)12-17-21(29)32-24(30-22(17)33)37-23(31-32)25(26,27)28/h5-9,12-13,29H,4,10-11H2,1-3H3/b17-12+,29-21?. The van der Waals surface area contributed by atoms with Crippen LogP contribution in [0.2, 0.25) is 0 Å². The maximum Gasteiger partial charge on any atom is 0.441 e. The van der Waals surface area contributed by atoms with Crippen molar-refractivity contribution in [3.63, 3.8) is 0 Å². The molecule has 2 heterocycles. The van der Waals surface area contributed by atoms with E-state index >= 15 is 0 Å². The first-order valence-electron chi connectivity index (χ1n) is 11.2. The molecule has 2 aliphatic rings. The van der Waals surface area contributed by atoms with Crippen LogP contribution in [0.3, 0.4) is 0 Å². The van der Waals surface area contributed by atoms with Crippen LogP contribution in [0.25, 0.3) is 6.08 Å². The molecule has 0 saturated heterocycles. The molecule has 194 valence electrons. The van der Waals surface area contributed by atoms with E-state index in [1.165, 1.54) is 6.08 Å². The number of thioether (sulfide) groups is 1. The Kier molecular flexibility index (Phi) is 7.58. The number of ether oxygens (including phenoxy) is 3. The van der Waals surface area contributed by atoms with Crippen LogP contribution in [0.15, 0.2) is 52.1 Å². The molecule has 0 radical (unpaired) electrons. The van der Waals surface area contributed by atoms with Gasteiger partial charge in [-0.25, -0.2) is 0 Å². The van der Waals surface area contributed by atoms with Crippen LogP contribution in [-0.2, 0) is 4.79 Å². The van der Waals surface area contributed by atoms with Crippen molar-refractivity contribution in [2.45, 2.75) is 26.9 Å². The lowest BCUT2D eigenvalue weighted by atomic mass is 10.1. The lowest BCUT2D eigenvalue weighted by Gasteiger charge is -2.20. The van der Waals surface area contributed by atoms with Crippen molar-refractivity contribution in [1.29, 1.82) is 5.41 Å². The monoisotopic (exact) mass is 532 g/mol. The summed E-state index contributed by atoms with van der Waals surface area (Å²) in [5.41, 5.74) is 2.33. The van der Waals surface area contributed by atoms with Gasteiger partial charge in [0.1, 0.15) is 19.0 Å². The normalized spacial score (nSPS) is 16.5. The molecular formula is C25H23F3N4O4S. The average molecular weight is 533 g/mol. The molecule has 2 aromatic rings. The van der Waals surface area contributed by atoms with E-state index in [1.54, 1.807) is 25.1 Å². The third kappa shape index (κ3) is 5.79. The van der Waals surface area contributed by atoms with Crippen molar-refractivity contribution in [3.05, 3.63) is 58.7 Å². The van der Waals surface area contributed by atoms with Crippen LogP contribution in [0.1, 0.15) is 23.6 Å². The number of aliphatic imine (C=N–C) groups is 1. The van der Waals surface area contributed by atoms with E-state index in [2.05, 4.69) is 10.1 Å². The van der Waals surface area contributed by atoms with Crippen LogP contribution in [-0.4, -0.2) is 53.0 Å². The number of nitrogens with one attached hydrogen (secondary N) is 1. The number of carbonyl (C=O) groups excluding carboxylic acids is 1. The van der Waals surface area contributed by atoms with Gasteiger partial charge in [-0.1, -0.05) is 24.3 Å². The highest BCUT2D eigenvalue weighted by molar-refractivity contribution is 8.27. The Bertz CT molecular complexity index is 1320. The maximum atomic E-state index is 13.0. The molecule has 0 saturated carbocycles. The number of carbonyl (C=O) groups is 1. The van der Waals surface area contributed by atoms with Crippen molar-refractivity contribution in [1.82, 2.24) is 5.01 Å². The number of rotatable bonds is 8. The lowest BCUT2D eigenvalue weighted by molar-refractivity contribution is -0.114. The number of benzene rings is 2. The highest BCUT2D eigenvalue weighted by atomic mass is 32.2. The molecular weight excluding hydrogens is 509 g/mol. The minimum Gasteiger partial charge on any atom is -0.490 e. The molecule has 12 heteroatoms. The van der Waals surface area contributed by atoms with E-state index in [-0.39, 0.29) is 29.1 Å². The number of amides is 1.